The Morgan fingerprint density at radius 2 is 2.50 bits per heavy atom. The Labute approximate surface area is 96.0 Å². The molecular weight excluding hydrogens is 202 g/mol. The maximum Gasteiger partial charge on any atom is 0.239 e. The van der Waals surface area contributed by atoms with Crippen LogP contribution < -0.4 is 5.32 Å². The van der Waals surface area contributed by atoms with Crippen molar-refractivity contribution < 1.29 is 4.79 Å². The van der Waals surface area contributed by atoms with Gasteiger partial charge in [0.05, 0.1) is 6.04 Å². The zero-order valence-electron chi connectivity index (χ0n) is 9.70. The molecule has 4 nitrogen and oxygen atoms in total. The van der Waals surface area contributed by atoms with Gasteiger partial charge in [0.15, 0.2) is 0 Å². The van der Waals surface area contributed by atoms with E-state index in [1.165, 1.54) is 5.69 Å². The van der Waals surface area contributed by atoms with Gasteiger partial charge < -0.3 is 15.2 Å². The minimum Gasteiger partial charge on any atom is -0.365 e. The molecule has 0 bridgehead atoms. The number of H-pyrrole nitrogens is 1. The number of hydrogen-bond acceptors (Lipinski definition) is 2. The Morgan fingerprint density at radius 1 is 1.62 bits per heavy atom. The van der Waals surface area contributed by atoms with E-state index < -0.39 is 0 Å². The number of aromatic nitrogens is 1. The summed E-state index contributed by atoms with van der Waals surface area (Å²) in [4.78, 5) is 16.9. The highest BCUT2D eigenvalue weighted by Crippen LogP contribution is 2.08. The van der Waals surface area contributed by atoms with Gasteiger partial charge in [0.25, 0.3) is 0 Å². The first-order valence-electron chi connectivity index (χ1n) is 5.88. The summed E-state index contributed by atoms with van der Waals surface area (Å²) in [5, 5.41) is 3.23. The number of nitrogens with one attached hydrogen (secondary N) is 2. The van der Waals surface area contributed by atoms with Crippen molar-refractivity contribution in [3.8, 4) is 0 Å². The van der Waals surface area contributed by atoms with E-state index >= 15 is 0 Å². The molecular formula is C12H19N3O. The van der Waals surface area contributed by atoms with Crippen LogP contribution in [0.25, 0.3) is 0 Å². The summed E-state index contributed by atoms with van der Waals surface area (Å²) < 4.78 is 0. The van der Waals surface area contributed by atoms with Crippen LogP contribution in [-0.2, 0) is 11.2 Å². The second-order valence-electron chi connectivity index (χ2n) is 4.35. The van der Waals surface area contributed by atoms with Crippen LogP contribution in [0, 0.1) is 0 Å². The third-order valence-corrected chi connectivity index (χ3v) is 3.11. The van der Waals surface area contributed by atoms with Crippen molar-refractivity contribution in [2.45, 2.75) is 25.3 Å². The number of likely N-dealkylation sites (N-methyl/N-ethyl adjacent to an activating group) is 1. The molecule has 1 aromatic heterocycles. The Bertz CT molecular complexity index is 328. The molecule has 1 atom stereocenters. The summed E-state index contributed by atoms with van der Waals surface area (Å²) >= 11 is 0. The van der Waals surface area contributed by atoms with Crippen LogP contribution in [0.3, 0.4) is 0 Å². The van der Waals surface area contributed by atoms with E-state index in [4.69, 9.17) is 0 Å². The average Bonchev–Trinajstić information content (AvgIpc) is 2.96. The fraction of sp³-hybridized carbons (Fsp3) is 0.583. The second kappa shape index (κ2) is 5.16. The molecule has 1 aliphatic rings. The second-order valence-corrected chi connectivity index (χ2v) is 4.35. The summed E-state index contributed by atoms with van der Waals surface area (Å²) in [5.74, 6) is 0.226. The highest BCUT2D eigenvalue weighted by Gasteiger charge is 2.24. The van der Waals surface area contributed by atoms with Gasteiger partial charge in [0, 0.05) is 31.9 Å². The van der Waals surface area contributed by atoms with Crippen molar-refractivity contribution in [3.63, 3.8) is 0 Å². The molecule has 1 unspecified atom stereocenters. The van der Waals surface area contributed by atoms with Gasteiger partial charge in [-0.15, -0.1) is 0 Å². The lowest BCUT2D eigenvalue weighted by molar-refractivity contribution is -0.131. The van der Waals surface area contributed by atoms with Crippen molar-refractivity contribution in [2.75, 3.05) is 20.1 Å². The predicted octanol–water partition coefficient (Wildman–Crippen LogP) is 0.768. The van der Waals surface area contributed by atoms with Crippen LogP contribution in [0.2, 0.25) is 0 Å². The molecule has 0 aliphatic carbocycles. The van der Waals surface area contributed by atoms with E-state index in [1.807, 2.05) is 30.3 Å². The first kappa shape index (κ1) is 11.2. The Morgan fingerprint density at radius 3 is 3.12 bits per heavy atom. The highest BCUT2D eigenvalue weighted by molar-refractivity contribution is 5.81. The normalized spacial score (nSPS) is 19.9. The van der Waals surface area contributed by atoms with Crippen LogP contribution >= 0.6 is 0 Å². The number of aromatic amines is 1. The largest absolute Gasteiger partial charge is 0.365 e. The summed E-state index contributed by atoms with van der Waals surface area (Å²) in [6, 6.07) is 4.08. The van der Waals surface area contributed by atoms with E-state index in [0.29, 0.717) is 0 Å². The van der Waals surface area contributed by atoms with Gasteiger partial charge >= 0.3 is 0 Å². The van der Waals surface area contributed by atoms with Gasteiger partial charge in [-0.05, 0) is 31.5 Å². The monoisotopic (exact) mass is 221 g/mol. The molecule has 2 rings (SSSR count). The molecule has 16 heavy (non-hydrogen) atoms. The lowest BCUT2D eigenvalue weighted by Crippen LogP contribution is -2.42. The zero-order valence-corrected chi connectivity index (χ0v) is 9.70. The van der Waals surface area contributed by atoms with Gasteiger partial charge in [-0.2, -0.15) is 0 Å². The molecule has 1 aliphatic heterocycles. The first-order valence-corrected chi connectivity index (χ1v) is 5.88. The molecule has 1 amide bonds. The molecule has 0 aromatic carbocycles. The van der Waals surface area contributed by atoms with Crippen LogP contribution in [0.15, 0.2) is 18.3 Å². The predicted molar refractivity (Wildman–Crippen MR) is 63.2 cm³/mol. The summed E-state index contributed by atoms with van der Waals surface area (Å²) in [7, 11) is 1.88. The van der Waals surface area contributed by atoms with Gasteiger partial charge in [-0.3, -0.25) is 4.79 Å². The Hall–Kier alpha value is -1.29. The maximum absolute atomic E-state index is 12.0. The van der Waals surface area contributed by atoms with Crippen molar-refractivity contribution >= 4 is 5.91 Å². The Balaban J connectivity index is 1.78. The number of hydrogen-bond donors (Lipinski definition) is 2. The molecule has 0 spiro atoms. The smallest absolute Gasteiger partial charge is 0.239 e. The topological polar surface area (TPSA) is 48.1 Å². The fourth-order valence-corrected chi connectivity index (χ4v) is 2.08. The van der Waals surface area contributed by atoms with Crippen molar-refractivity contribution in [1.82, 2.24) is 15.2 Å². The molecule has 1 saturated heterocycles. The van der Waals surface area contributed by atoms with Crippen LogP contribution in [0.4, 0.5) is 0 Å². The van der Waals surface area contributed by atoms with E-state index in [1.54, 1.807) is 0 Å². The third kappa shape index (κ3) is 2.64. The summed E-state index contributed by atoms with van der Waals surface area (Å²) in [6.45, 7) is 1.75. The van der Waals surface area contributed by atoms with Crippen molar-refractivity contribution in [3.05, 3.63) is 24.0 Å². The highest BCUT2D eigenvalue weighted by atomic mass is 16.2. The molecule has 1 aromatic rings. The molecule has 0 saturated carbocycles. The van der Waals surface area contributed by atoms with E-state index in [2.05, 4.69) is 10.3 Å². The molecule has 4 heteroatoms. The fourth-order valence-electron chi connectivity index (χ4n) is 2.08. The van der Waals surface area contributed by atoms with Gasteiger partial charge in [-0.25, -0.2) is 0 Å². The number of carbonyl (C=O) groups excluding carboxylic acids is 1. The van der Waals surface area contributed by atoms with Gasteiger partial charge in [0.1, 0.15) is 0 Å². The van der Waals surface area contributed by atoms with Crippen molar-refractivity contribution in [2.24, 2.45) is 0 Å². The lowest BCUT2D eigenvalue weighted by Gasteiger charge is -2.20. The number of rotatable bonds is 4. The zero-order chi connectivity index (χ0) is 11.4. The molecule has 1 fully saturated rings. The summed E-state index contributed by atoms with van der Waals surface area (Å²) in [5.41, 5.74) is 1.18. The maximum atomic E-state index is 12.0. The van der Waals surface area contributed by atoms with Crippen molar-refractivity contribution in [1.29, 1.82) is 0 Å². The van der Waals surface area contributed by atoms with E-state index in [9.17, 15) is 4.79 Å². The van der Waals surface area contributed by atoms with E-state index in [-0.39, 0.29) is 11.9 Å². The molecule has 2 N–H and O–H groups in total. The van der Waals surface area contributed by atoms with Gasteiger partial charge in [-0.1, -0.05) is 0 Å². The minimum absolute atomic E-state index is 0.0497. The summed E-state index contributed by atoms with van der Waals surface area (Å²) in [6.07, 6.45) is 4.89. The molecule has 88 valence electrons. The quantitative estimate of drug-likeness (QED) is 0.789. The average molecular weight is 221 g/mol. The van der Waals surface area contributed by atoms with Gasteiger partial charge in [0.2, 0.25) is 5.91 Å². The number of amides is 1. The van der Waals surface area contributed by atoms with Crippen LogP contribution in [0.1, 0.15) is 18.5 Å². The van der Waals surface area contributed by atoms with Crippen LogP contribution in [0.5, 0.6) is 0 Å². The molecule has 2 heterocycles. The molecule has 0 radical (unpaired) electrons. The lowest BCUT2D eigenvalue weighted by atomic mass is 10.2. The number of carbonyl (C=O) groups is 1. The minimum atomic E-state index is 0.0497. The first-order chi connectivity index (χ1) is 7.77. The van der Waals surface area contributed by atoms with E-state index in [0.717, 1.165) is 32.4 Å². The Kier molecular flexibility index (Phi) is 3.62. The SMILES string of the molecule is CN(CCc1ccc[nH]1)C(=O)C1CCCN1. The van der Waals surface area contributed by atoms with Crippen LogP contribution in [-0.4, -0.2) is 42.0 Å². The number of nitrogens with zero attached hydrogens (tertiary/aromatic N) is 1. The third-order valence-electron chi connectivity index (χ3n) is 3.11. The standard InChI is InChI=1S/C12H19N3O/c1-15(9-6-10-4-2-7-13-10)12(16)11-5-3-8-14-11/h2,4,7,11,13-14H,3,5-6,8-9H2,1H3.